The number of benzene rings is 1. The van der Waals surface area contributed by atoms with E-state index in [2.05, 4.69) is 10.4 Å². The Morgan fingerprint density at radius 2 is 1.95 bits per heavy atom. The highest BCUT2D eigenvalue weighted by atomic mass is 32.2. The van der Waals surface area contributed by atoms with Gasteiger partial charge in [0.05, 0.1) is 16.3 Å². The zero-order valence-electron chi connectivity index (χ0n) is 11.2. The van der Waals surface area contributed by atoms with Crippen molar-refractivity contribution in [2.45, 2.75) is 10.6 Å². The summed E-state index contributed by atoms with van der Waals surface area (Å²) in [5.74, 6) is -0.537. The van der Waals surface area contributed by atoms with E-state index in [4.69, 9.17) is 0 Å². The molecule has 1 amide bonds. The maximum atomic E-state index is 12.2. The van der Waals surface area contributed by atoms with Crippen molar-refractivity contribution >= 4 is 15.7 Å². The predicted molar refractivity (Wildman–Crippen MR) is 73.9 cm³/mol. The van der Waals surface area contributed by atoms with Gasteiger partial charge in [0.15, 0.2) is 9.84 Å². The van der Waals surface area contributed by atoms with Gasteiger partial charge in [-0.25, -0.2) is 8.42 Å². The number of carbonyl (C=O) groups is 1. The fourth-order valence-electron chi connectivity index (χ4n) is 1.84. The van der Waals surface area contributed by atoms with Crippen molar-refractivity contribution < 1.29 is 13.2 Å². The van der Waals surface area contributed by atoms with Crippen molar-refractivity contribution in [1.82, 2.24) is 15.1 Å². The number of rotatable bonds is 4. The minimum Gasteiger partial charge on any atom is -0.354 e. The van der Waals surface area contributed by atoms with Gasteiger partial charge in [0.2, 0.25) is 0 Å². The first-order valence-corrected chi connectivity index (χ1v) is 7.62. The summed E-state index contributed by atoms with van der Waals surface area (Å²) < 4.78 is 25.8. The van der Waals surface area contributed by atoms with Crippen molar-refractivity contribution in [3.63, 3.8) is 0 Å². The van der Waals surface area contributed by atoms with Crippen LogP contribution in [-0.2, 0) is 22.6 Å². The molecule has 6 nitrogen and oxygen atoms in total. The first-order chi connectivity index (χ1) is 9.44. The molecule has 0 fully saturated rings. The van der Waals surface area contributed by atoms with E-state index in [1.807, 2.05) is 0 Å². The van der Waals surface area contributed by atoms with Crippen LogP contribution in [0.25, 0.3) is 0 Å². The topological polar surface area (TPSA) is 81.1 Å². The molecule has 0 radical (unpaired) electrons. The van der Waals surface area contributed by atoms with Gasteiger partial charge in [-0.05, 0) is 18.2 Å². The lowest BCUT2D eigenvalue weighted by Gasteiger charge is -2.01. The van der Waals surface area contributed by atoms with Gasteiger partial charge in [-0.1, -0.05) is 18.2 Å². The Kier molecular flexibility index (Phi) is 3.89. The molecule has 20 heavy (non-hydrogen) atoms. The maximum Gasteiger partial charge on any atom is 0.269 e. The van der Waals surface area contributed by atoms with Gasteiger partial charge >= 0.3 is 0 Å². The van der Waals surface area contributed by atoms with E-state index in [-0.39, 0.29) is 16.6 Å². The monoisotopic (exact) mass is 293 g/mol. The van der Waals surface area contributed by atoms with Crippen LogP contribution < -0.4 is 5.32 Å². The molecule has 0 saturated carbocycles. The van der Waals surface area contributed by atoms with Crippen molar-refractivity contribution in [2.75, 3.05) is 7.05 Å². The average Bonchev–Trinajstić information content (AvgIpc) is 2.79. The first-order valence-electron chi connectivity index (χ1n) is 5.97. The molecule has 0 aliphatic rings. The van der Waals surface area contributed by atoms with Crippen LogP contribution in [0.2, 0.25) is 0 Å². The second kappa shape index (κ2) is 5.46. The van der Waals surface area contributed by atoms with E-state index in [0.717, 1.165) is 0 Å². The molecular weight excluding hydrogens is 278 g/mol. The smallest absolute Gasteiger partial charge is 0.269 e. The van der Waals surface area contributed by atoms with E-state index in [1.54, 1.807) is 25.2 Å². The molecule has 1 aromatic carbocycles. The summed E-state index contributed by atoms with van der Waals surface area (Å²) in [5, 5.41) is 6.55. The number of hydrogen-bond acceptors (Lipinski definition) is 4. The number of sulfone groups is 1. The van der Waals surface area contributed by atoms with Gasteiger partial charge in [0, 0.05) is 14.1 Å². The van der Waals surface area contributed by atoms with Crippen LogP contribution >= 0.6 is 0 Å². The molecule has 0 spiro atoms. The van der Waals surface area contributed by atoms with Gasteiger partial charge in [-0.15, -0.1) is 0 Å². The molecule has 0 unspecified atom stereocenters. The van der Waals surface area contributed by atoms with Crippen LogP contribution in [0.3, 0.4) is 0 Å². The fourth-order valence-corrected chi connectivity index (χ4v) is 3.11. The zero-order chi connectivity index (χ0) is 14.8. The van der Waals surface area contributed by atoms with E-state index in [0.29, 0.717) is 11.4 Å². The zero-order valence-corrected chi connectivity index (χ0v) is 12.0. The Bertz CT molecular complexity index is 721. The third kappa shape index (κ3) is 2.88. The quantitative estimate of drug-likeness (QED) is 0.902. The van der Waals surface area contributed by atoms with Crippen molar-refractivity contribution in [3.8, 4) is 0 Å². The number of nitrogens with one attached hydrogen (secondary N) is 1. The lowest BCUT2D eigenvalue weighted by Crippen LogP contribution is -2.20. The summed E-state index contributed by atoms with van der Waals surface area (Å²) >= 11 is 0. The summed E-state index contributed by atoms with van der Waals surface area (Å²) in [7, 11) is -0.347. The first kappa shape index (κ1) is 14.3. The van der Waals surface area contributed by atoms with Crippen molar-refractivity contribution in [3.05, 3.63) is 47.8 Å². The number of nitrogens with zero attached hydrogens (tertiary/aromatic N) is 2. The van der Waals surface area contributed by atoms with Gasteiger partial charge in [0.25, 0.3) is 5.91 Å². The lowest BCUT2D eigenvalue weighted by atomic mass is 10.3. The molecule has 0 saturated heterocycles. The Morgan fingerprint density at radius 3 is 2.55 bits per heavy atom. The van der Waals surface area contributed by atoms with Crippen molar-refractivity contribution in [2.24, 2.45) is 7.05 Å². The SMILES string of the molecule is CNC(=O)c1cc(CS(=O)(=O)c2ccccc2)nn1C. The summed E-state index contributed by atoms with van der Waals surface area (Å²) in [5.41, 5.74) is 0.667. The van der Waals surface area contributed by atoms with Crippen LogP contribution in [0.1, 0.15) is 16.2 Å². The predicted octanol–water partition coefficient (Wildman–Crippen LogP) is 0.754. The number of carbonyl (C=O) groups excluding carboxylic acids is 1. The van der Waals surface area contributed by atoms with Crippen LogP contribution in [0, 0.1) is 0 Å². The Morgan fingerprint density at radius 1 is 1.30 bits per heavy atom. The molecule has 7 heteroatoms. The van der Waals surface area contributed by atoms with Gasteiger partial charge < -0.3 is 5.32 Å². The average molecular weight is 293 g/mol. The summed E-state index contributed by atoms with van der Waals surface area (Å²) in [4.78, 5) is 11.8. The molecule has 0 bridgehead atoms. The summed E-state index contributed by atoms with van der Waals surface area (Å²) in [6, 6.07) is 9.65. The molecule has 2 rings (SSSR count). The fraction of sp³-hybridized carbons (Fsp3) is 0.231. The van der Waals surface area contributed by atoms with Gasteiger partial charge in [0.1, 0.15) is 5.69 Å². The van der Waals surface area contributed by atoms with Crippen LogP contribution in [0.5, 0.6) is 0 Å². The third-order valence-corrected chi connectivity index (χ3v) is 4.50. The molecule has 0 aliphatic carbocycles. The number of amides is 1. The normalized spacial score (nSPS) is 11.3. The second-order valence-corrected chi connectivity index (χ2v) is 6.29. The Hall–Kier alpha value is -2.15. The lowest BCUT2D eigenvalue weighted by molar-refractivity contribution is 0.0954. The molecule has 1 N–H and O–H groups in total. The molecule has 1 aromatic heterocycles. The molecular formula is C13H15N3O3S. The van der Waals surface area contributed by atoms with E-state index in [1.165, 1.54) is 29.9 Å². The molecule has 0 aliphatic heterocycles. The van der Waals surface area contributed by atoms with E-state index < -0.39 is 9.84 Å². The molecule has 2 aromatic rings. The minimum absolute atomic E-state index is 0.234. The highest BCUT2D eigenvalue weighted by Gasteiger charge is 2.19. The highest BCUT2D eigenvalue weighted by Crippen LogP contribution is 2.16. The summed E-state index contributed by atoms with van der Waals surface area (Å²) in [6.45, 7) is 0. The number of aryl methyl sites for hydroxylation is 1. The van der Waals surface area contributed by atoms with Gasteiger partial charge in [-0.2, -0.15) is 5.10 Å². The van der Waals surface area contributed by atoms with Crippen LogP contribution in [0.4, 0.5) is 0 Å². The second-order valence-electron chi connectivity index (χ2n) is 4.30. The van der Waals surface area contributed by atoms with E-state index >= 15 is 0 Å². The van der Waals surface area contributed by atoms with Crippen molar-refractivity contribution in [1.29, 1.82) is 0 Å². The van der Waals surface area contributed by atoms with Crippen LogP contribution in [-0.4, -0.2) is 31.2 Å². The minimum atomic E-state index is -3.46. The largest absolute Gasteiger partial charge is 0.354 e. The van der Waals surface area contributed by atoms with E-state index in [9.17, 15) is 13.2 Å². The molecule has 106 valence electrons. The van der Waals surface area contributed by atoms with Crippen LogP contribution in [0.15, 0.2) is 41.3 Å². The Balaban J connectivity index is 2.29. The highest BCUT2D eigenvalue weighted by molar-refractivity contribution is 7.90. The number of hydrogen-bond donors (Lipinski definition) is 1. The summed E-state index contributed by atoms with van der Waals surface area (Å²) in [6.07, 6.45) is 0. The molecule has 0 atom stereocenters. The molecule has 1 heterocycles. The Labute approximate surface area is 117 Å². The maximum absolute atomic E-state index is 12.2. The standard InChI is InChI=1S/C13H15N3O3S/c1-14-13(17)12-8-10(15-16(12)2)9-20(18,19)11-6-4-3-5-7-11/h3-8H,9H2,1-2H3,(H,14,17). The number of aromatic nitrogens is 2. The van der Waals surface area contributed by atoms with Gasteiger partial charge in [-0.3, -0.25) is 9.48 Å². The third-order valence-electron chi connectivity index (χ3n) is 2.83.